The van der Waals surface area contributed by atoms with E-state index in [0.717, 1.165) is 18.4 Å². The van der Waals surface area contributed by atoms with Gasteiger partial charge in [-0.15, -0.1) is 0 Å². The third kappa shape index (κ3) is 4.97. The van der Waals surface area contributed by atoms with Crippen molar-refractivity contribution in [2.75, 3.05) is 0 Å². The Morgan fingerprint density at radius 2 is 1.77 bits per heavy atom. The first-order valence-corrected chi connectivity index (χ1v) is 9.66. The summed E-state index contributed by atoms with van der Waals surface area (Å²) in [5.41, 5.74) is 1.03. The highest BCUT2D eigenvalue weighted by molar-refractivity contribution is 5.87. The van der Waals surface area contributed by atoms with Gasteiger partial charge < -0.3 is 21.3 Å². The normalized spacial score (nSPS) is 25.6. The second kappa shape index (κ2) is 8.54. The van der Waals surface area contributed by atoms with Crippen molar-refractivity contribution in [3.63, 3.8) is 0 Å². The number of fused-ring (bicyclic) bond motifs is 2. The standard InChI is InChI=1S/C20H30N4O2/c1-13(2)18(24-20(26)21-12-14-6-4-3-5-7-14)19(25)23-17-10-15-8-9-16(11-17)22-15/h3-7,13,15-18,22H,8-12H2,1-2H3,(H,23,25)(H2,21,24,26). The van der Waals surface area contributed by atoms with E-state index >= 15 is 0 Å². The maximum atomic E-state index is 12.7. The molecule has 0 aromatic heterocycles. The number of rotatable bonds is 6. The summed E-state index contributed by atoms with van der Waals surface area (Å²) < 4.78 is 0. The molecule has 0 saturated carbocycles. The molecule has 4 N–H and O–H groups in total. The van der Waals surface area contributed by atoms with Crippen molar-refractivity contribution >= 4 is 11.9 Å². The van der Waals surface area contributed by atoms with E-state index in [0.29, 0.717) is 18.6 Å². The second-order valence-corrected chi connectivity index (χ2v) is 7.85. The van der Waals surface area contributed by atoms with E-state index in [4.69, 9.17) is 0 Å². The molecule has 142 valence electrons. The molecule has 2 saturated heterocycles. The molecular formula is C20H30N4O2. The summed E-state index contributed by atoms with van der Waals surface area (Å²) in [5.74, 6) is -0.0583. The number of nitrogens with one attached hydrogen (secondary N) is 4. The number of benzene rings is 1. The van der Waals surface area contributed by atoms with Gasteiger partial charge in [0, 0.05) is 24.7 Å². The van der Waals surface area contributed by atoms with Crippen LogP contribution in [0.2, 0.25) is 0 Å². The molecule has 3 rings (SSSR count). The fraction of sp³-hybridized carbons (Fsp3) is 0.600. The molecule has 0 spiro atoms. The van der Waals surface area contributed by atoms with Gasteiger partial charge in [0.05, 0.1) is 0 Å². The van der Waals surface area contributed by atoms with Crippen molar-refractivity contribution in [1.29, 1.82) is 0 Å². The average molecular weight is 358 g/mol. The fourth-order valence-corrected chi connectivity index (χ4v) is 3.97. The van der Waals surface area contributed by atoms with E-state index in [1.807, 2.05) is 44.2 Å². The van der Waals surface area contributed by atoms with E-state index in [2.05, 4.69) is 21.3 Å². The van der Waals surface area contributed by atoms with Gasteiger partial charge in [-0.2, -0.15) is 0 Å². The van der Waals surface area contributed by atoms with E-state index < -0.39 is 6.04 Å². The first-order valence-electron chi connectivity index (χ1n) is 9.66. The maximum Gasteiger partial charge on any atom is 0.315 e. The quantitative estimate of drug-likeness (QED) is 0.627. The molecule has 2 fully saturated rings. The number of hydrogen-bond acceptors (Lipinski definition) is 3. The zero-order valence-corrected chi connectivity index (χ0v) is 15.6. The molecule has 3 amide bonds. The van der Waals surface area contributed by atoms with Crippen LogP contribution in [0.5, 0.6) is 0 Å². The topological polar surface area (TPSA) is 82.3 Å². The number of piperidine rings is 1. The summed E-state index contributed by atoms with van der Waals surface area (Å²) in [7, 11) is 0. The Labute approximate surface area is 155 Å². The summed E-state index contributed by atoms with van der Waals surface area (Å²) in [5, 5.41) is 12.4. The third-order valence-electron chi connectivity index (χ3n) is 5.35. The maximum absolute atomic E-state index is 12.7. The second-order valence-electron chi connectivity index (χ2n) is 7.85. The van der Waals surface area contributed by atoms with Crippen molar-refractivity contribution in [1.82, 2.24) is 21.3 Å². The Hall–Kier alpha value is -2.08. The van der Waals surface area contributed by atoms with Crippen molar-refractivity contribution in [3.8, 4) is 0 Å². The fourth-order valence-electron chi connectivity index (χ4n) is 3.97. The molecule has 2 aliphatic rings. The van der Waals surface area contributed by atoms with E-state index in [1.54, 1.807) is 0 Å². The molecule has 2 bridgehead atoms. The van der Waals surface area contributed by atoms with Gasteiger partial charge in [-0.3, -0.25) is 4.79 Å². The van der Waals surface area contributed by atoms with Crippen LogP contribution in [0.25, 0.3) is 0 Å². The third-order valence-corrected chi connectivity index (χ3v) is 5.35. The van der Waals surface area contributed by atoms with Crippen LogP contribution in [0.4, 0.5) is 4.79 Å². The van der Waals surface area contributed by atoms with E-state index in [1.165, 1.54) is 12.8 Å². The molecular weight excluding hydrogens is 328 g/mol. The van der Waals surface area contributed by atoms with Crippen LogP contribution in [-0.4, -0.2) is 36.1 Å². The predicted octanol–water partition coefficient (Wildman–Crippen LogP) is 1.91. The van der Waals surface area contributed by atoms with Crippen molar-refractivity contribution in [3.05, 3.63) is 35.9 Å². The predicted molar refractivity (Wildman–Crippen MR) is 102 cm³/mol. The van der Waals surface area contributed by atoms with Crippen LogP contribution in [0.1, 0.15) is 45.1 Å². The van der Waals surface area contributed by atoms with Gasteiger partial charge >= 0.3 is 6.03 Å². The van der Waals surface area contributed by atoms with Gasteiger partial charge in [0.2, 0.25) is 5.91 Å². The van der Waals surface area contributed by atoms with Crippen LogP contribution >= 0.6 is 0 Å². The lowest BCUT2D eigenvalue weighted by atomic mass is 9.98. The van der Waals surface area contributed by atoms with Crippen molar-refractivity contribution in [2.24, 2.45) is 5.92 Å². The highest BCUT2D eigenvalue weighted by Crippen LogP contribution is 2.26. The first kappa shape index (κ1) is 18.7. The Kier molecular flexibility index (Phi) is 6.14. The van der Waals surface area contributed by atoms with Gasteiger partial charge in [0.25, 0.3) is 0 Å². The SMILES string of the molecule is CC(C)C(NC(=O)NCc1ccccc1)C(=O)NC1CC2CCC(C1)N2. The minimum Gasteiger partial charge on any atom is -0.351 e. The Bertz CT molecular complexity index is 607. The number of hydrogen-bond donors (Lipinski definition) is 4. The van der Waals surface area contributed by atoms with Gasteiger partial charge in [-0.1, -0.05) is 44.2 Å². The van der Waals surface area contributed by atoms with Crippen LogP contribution in [-0.2, 0) is 11.3 Å². The summed E-state index contributed by atoms with van der Waals surface area (Å²) >= 11 is 0. The number of amides is 3. The first-order chi connectivity index (χ1) is 12.5. The molecule has 6 nitrogen and oxygen atoms in total. The number of urea groups is 1. The lowest BCUT2D eigenvalue weighted by Gasteiger charge is -2.31. The summed E-state index contributed by atoms with van der Waals surface area (Å²) in [4.78, 5) is 25.0. The highest BCUT2D eigenvalue weighted by atomic mass is 16.2. The Morgan fingerprint density at radius 1 is 1.12 bits per heavy atom. The molecule has 2 heterocycles. The Morgan fingerprint density at radius 3 is 2.38 bits per heavy atom. The smallest absolute Gasteiger partial charge is 0.315 e. The minimum atomic E-state index is -0.529. The van der Waals surface area contributed by atoms with E-state index in [-0.39, 0.29) is 23.9 Å². The van der Waals surface area contributed by atoms with Crippen LogP contribution < -0.4 is 21.3 Å². The molecule has 26 heavy (non-hydrogen) atoms. The van der Waals surface area contributed by atoms with Gasteiger partial charge in [0.1, 0.15) is 6.04 Å². The van der Waals surface area contributed by atoms with Crippen molar-refractivity contribution < 1.29 is 9.59 Å². The molecule has 0 aliphatic carbocycles. The van der Waals surface area contributed by atoms with Crippen LogP contribution in [0.3, 0.4) is 0 Å². The molecule has 1 aromatic rings. The number of carbonyl (C=O) groups excluding carboxylic acids is 2. The van der Waals surface area contributed by atoms with Crippen molar-refractivity contribution in [2.45, 2.75) is 70.2 Å². The van der Waals surface area contributed by atoms with Gasteiger partial charge in [-0.25, -0.2) is 4.79 Å². The molecule has 3 unspecified atom stereocenters. The largest absolute Gasteiger partial charge is 0.351 e. The van der Waals surface area contributed by atoms with Crippen LogP contribution in [0.15, 0.2) is 30.3 Å². The summed E-state index contributed by atoms with van der Waals surface area (Å²) in [6, 6.07) is 10.1. The summed E-state index contributed by atoms with van der Waals surface area (Å²) in [6.07, 6.45) is 4.36. The molecule has 0 radical (unpaired) electrons. The number of carbonyl (C=O) groups is 2. The van der Waals surface area contributed by atoms with Gasteiger partial charge in [0.15, 0.2) is 0 Å². The molecule has 6 heteroatoms. The van der Waals surface area contributed by atoms with Gasteiger partial charge in [-0.05, 0) is 37.2 Å². The van der Waals surface area contributed by atoms with E-state index in [9.17, 15) is 9.59 Å². The van der Waals surface area contributed by atoms with Crippen LogP contribution in [0, 0.1) is 5.92 Å². The summed E-state index contributed by atoms with van der Waals surface area (Å²) in [6.45, 7) is 4.35. The Balaban J connectivity index is 1.49. The molecule has 3 atom stereocenters. The lowest BCUT2D eigenvalue weighted by Crippen LogP contribution is -2.56. The lowest BCUT2D eigenvalue weighted by molar-refractivity contribution is -0.124. The average Bonchev–Trinajstić information content (AvgIpc) is 2.96. The zero-order valence-electron chi connectivity index (χ0n) is 15.6. The zero-order chi connectivity index (χ0) is 18.5. The molecule has 2 aliphatic heterocycles. The highest BCUT2D eigenvalue weighted by Gasteiger charge is 2.35. The molecule has 1 aromatic carbocycles. The monoisotopic (exact) mass is 358 g/mol. The minimum absolute atomic E-state index is 0.0240.